The minimum absolute atomic E-state index is 0.131. The highest BCUT2D eigenvalue weighted by molar-refractivity contribution is 5.91. The molecule has 0 aromatic heterocycles. The maximum Gasteiger partial charge on any atom is 0.337 e. The van der Waals surface area contributed by atoms with Crippen LogP contribution in [0.15, 0.2) is 23.8 Å². The highest BCUT2D eigenvalue weighted by atomic mass is 16.5. The molecule has 1 unspecified atom stereocenters. The van der Waals surface area contributed by atoms with Gasteiger partial charge in [0.25, 0.3) is 0 Å². The molecule has 2 N–H and O–H groups in total. The van der Waals surface area contributed by atoms with Gasteiger partial charge in [-0.15, -0.1) is 0 Å². The predicted molar refractivity (Wildman–Crippen MR) is 51.0 cm³/mol. The van der Waals surface area contributed by atoms with Crippen LogP contribution in [0, 0.1) is 5.92 Å². The van der Waals surface area contributed by atoms with Gasteiger partial charge in [-0.1, -0.05) is 18.2 Å². The van der Waals surface area contributed by atoms with Gasteiger partial charge < -0.3 is 10.5 Å². The fraction of sp³-hybridized carbons (Fsp3) is 0.500. The Morgan fingerprint density at radius 1 is 1.77 bits per heavy atom. The number of allylic oxidation sites excluding steroid dienone is 1. The van der Waals surface area contributed by atoms with Crippen molar-refractivity contribution in [1.82, 2.24) is 0 Å². The molecule has 0 bridgehead atoms. The molecule has 0 saturated heterocycles. The average Bonchev–Trinajstić information content (AvgIpc) is 2.17. The Balaban J connectivity index is 2.60. The van der Waals surface area contributed by atoms with E-state index in [2.05, 4.69) is 4.74 Å². The molecule has 1 aliphatic rings. The lowest BCUT2D eigenvalue weighted by Crippen LogP contribution is -2.26. The third-order valence-corrected chi connectivity index (χ3v) is 2.23. The van der Waals surface area contributed by atoms with E-state index < -0.39 is 0 Å². The van der Waals surface area contributed by atoms with Crippen molar-refractivity contribution in [2.24, 2.45) is 11.7 Å². The van der Waals surface area contributed by atoms with Crippen molar-refractivity contribution in [1.29, 1.82) is 0 Å². The van der Waals surface area contributed by atoms with Gasteiger partial charge in [-0.05, 0) is 19.3 Å². The first-order chi connectivity index (χ1) is 6.15. The molecule has 1 rings (SSSR count). The Hall–Kier alpha value is -1.09. The number of rotatable bonds is 2. The van der Waals surface area contributed by atoms with E-state index in [-0.39, 0.29) is 12.0 Å². The van der Waals surface area contributed by atoms with Crippen LogP contribution in [0.4, 0.5) is 0 Å². The Morgan fingerprint density at radius 2 is 2.46 bits per heavy atom. The van der Waals surface area contributed by atoms with Crippen molar-refractivity contribution in [2.75, 3.05) is 7.11 Å². The molecule has 13 heavy (non-hydrogen) atoms. The van der Waals surface area contributed by atoms with E-state index in [1.807, 2.05) is 19.1 Å². The molecular formula is C10H15NO2. The van der Waals surface area contributed by atoms with Crippen molar-refractivity contribution in [3.8, 4) is 0 Å². The van der Waals surface area contributed by atoms with Gasteiger partial charge in [0.1, 0.15) is 0 Å². The zero-order valence-electron chi connectivity index (χ0n) is 7.99. The highest BCUT2D eigenvalue weighted by Crippen LogP contribution is 2.18. The number of hydrogen-bond acceptors (Lipinski definition) is 3. The van der Waals surface area contributed by atoms with E-state index >= 15 is 0 Å². The Kier molecular flexibility index (Phi) is 3.25. The van der Waals surface area contributed by atoms with Crippen molar-refractivity contribution >= 4 is 5.97 Å². The van der Waals surface area contributed by atoms with E-state index in [1.165, 1.54) is 7.11 Å². The molecule has 1 aliphatic carbocycles. The lowest BCUT2D eigenvalue weighted by molar-refractivity contribution is -0.135. The van der Waals surface area contributed by atoms with Crippen molar-refractivity contribution in [2.45, 2.75) is 19.4 Å². The number of hydrogen-bond donors (Lipinski definition) is 1. The van der Waals surface area contributed by atoms with Crippen molar-refractivity contribution < 1.29 is 9.53 Å². The number of nitrogens with two attached hydrogens (primary N) is 1. The first kappa shape index (κ1) is 9.99. The quantitative estimate of drug-likeness (QED) is 0.647. The van der Waals surface area contributed by atoms with Gasteiger partial charge in [0.05, 0.1) is 12.7 Å². The Labute approximate surface area is 78.3 Å². The number of esters is 1. The van der Waals surface area contributed by atoms with Crippen molar-refractivity contribution in [3.63, 3.8) is 0 Å². The predicted octanol–water partition coefficient (Wildman–Crippen LogP) is 1.01. The van der Waals surface area contributed by atoms with Gasteiger partial charge in [-0.3, -0.25) is 0 Å². The summed E-state index contributed by atoms with van der Waals surface area (Å²) in [5.41, 5.74) is 6.35. The van der Waals surface area contributed by atoms with E-state index in [9.17, 15) is 4.79 Å². The third kappa shape index (κ3) is 2.42. The van der Waals surface area contributed by atoms with Crippen LogP contribution in [0.1, 0.15) is 13.3 Å². The molecule has 0 fully saturated rings. The second kappa shape index (κ2) is 4.23. The van der Waals surface area contributed by atoms with Crippen molar-refractivity contribution in [3.05, 3.63) is 23.8 Å². The Bertz CT molecular complexity index is 254. The third-order valence-electron chi connectivity index (χ3n) is 2.23. The van der Waals surface area contributed by atoms with Gasteiger partial charge in [-0.2, -0.15) is 0 Å². The topological polar surface area (TPSA) is 52.3 Å². The maximum atomic E-state index is 11.1. The van der Waals surface area contributed by atoms with E-state index in [4.69, 9.17) is 5.73 Å². The molecule has 0 spiro atoms. The number of carbonyl (C=O) groups is 1. The molecule has 0 aromatic rings. The molecule has 3 nitrogen and oxygen atoms in total. The summed E-state index contributed by atoms with van der Waals surface area (Å²) in [6.07, 6.45) is 6.44. The molecule has 0 heterocycles. The summed E-state index contributed by atoms with van der Waals surface area (Å²) in [5, 5.41) is 0. The summed E-state index contributed by atoms with van der Waals surface area (Å²) in [5.74, 6) is 0.0628. The highest BCUT2D eigenvalue weighted by Gasteiger charge is 2.15. The summed E-state index contributed by atoms with van der Waals surface area (Å²) in [4.78, 5) is 11.1. The molecule has 0 amide bonds. The SMILES string of the molecule is COC(=O)C1=CCC([C@H](C)N)C=C1. The molecule has 0 radical (unpaired) electrons. The van der Waals surface area contributed by atoms with Crippen LogP contribution in [0.5, 0.6) is 0 Å². The van der Waals surface area contributed by atoms with E-state index in [0.29, 0.717) is 11.5 Å². The minimum atomic E-state index is -0.278. The maximum absolute atomic E-state index is 11.1. The van der Waals surface area contributed by atoms with Crippen LogP contribution in [-0.2, 0) is 9.53 Å². The summed E-state index contributed by atoms with van der Waals surface area (Å²) in [6.45, 7) is 1.96. The Morgan fingerprint density at radius 3 is 2.85 bits per heavy atom. The molecule has 2 atom stereocenters. The first-order valence-electron chi connectivity index (χ1n) is 4.37. The second-order valence-corrected chi connectivity index (χ2v) is 3.27. The van der Waals surface area contributed by atoms with Crippen LogP contribution in [0.25, 0.3) is 0 Å². The zero-order valence-corrected chi connectivity index (χ0v) is 7.99. The smallest absolute Gasteiger partial charge is 0.337 e. The van der Waals surface area contributed by atoms with Gasteiger partial charge in [0.2, 0.25) is 0 Å². The van der Waals surface area contributed by atoms with Gasteiger partial charge >= 0.3 is 5.97 Å². The summed E-state index contributed by atoms with van der Waals surface area (Å²) in [7, 11) is 1.38. The van der Waals surface area contributed by atoms with Gasteiger partial charge in [0.15, 0.2) is 0 Å². The lowest BCUT2D eigenvalue weighted by atomic mass is 9.92. The van der Waals surface area contributed by atoms with Crippen LogP contribution in [0.2, 0.25) is 0 Å². The standard InChI is InChI=1S/C10H15NO2/c1-7(11)8-3-5-9(6-4-8)10(12)13-2/h3,5-8H,4,11H2,1-2H3/t7-,8?/m0/s1. The summed E-state index contributed by atoms with van der Waals surface area (Å²) in [6, 6.07) is 0.131. The number of methoxy groups -OCH3 is 1. The number of carbonyl (C=O) groups excluding carboxylic acids is 1. The minimum Gasteiger partial charge on any atom is -0.465 e. The second-order valence-electron chi connectivity index (χ2n) is 3.27. The van der Waals surface area contributed by atoms with Crippen LogP contribution < -0.4 is 5.73 Å². The molecule has 0 saturated carbocycles. The molecule has 0 aliphatic heterocycles. The van der Waals surface area contributed by atoms with Crippen LogP contribution in [0.3, 0.4) is 0 Å². The normalized spacial score (nSPS) is 23.6. The fourth-order valence-electron chi connectivity index (χ4n) is 1.30. The number of ether oxygens (including phenoxy) is 1. The van der Waals surface area contributed by atoms with Crippen LogP contribution in [-0.4, -0.2) is 19.1 Å². The van der Waals surface area contributed by atoms with E-state index in [0.717, 1.165) is 6.42 Å². The zero-order chi connectivity index (χ0) is 9.84. The van der Waals surface area contributed by atoms with E-state index in [1.54, 1.807) is 6.08 Å². The summed E-state index contributed by atoms with van der Waals surface area (Å²) < 4.78 is 4.60. The largest absolute Gasteiger partial charge is 0.465 e. The first-order valence-corrected chi connectivity index (χ1v) is 4.37. The molecule has 0 aromatic carbocycles. The van der Waals surface area contributed by atoms with Crippen LogP contribution >= 0.6 is 0 Å². The molecular weight excluding hydrogens is 166 g/mol. The fourth-order valence-corrected chi connectivity index (χ4v) is 1.30. The average molecular weight is 181 g/mol. The van der Waals surface area contributed by atoms with Gasteiger partial charge in [-0.25, -0.2) is 4.79 Å². The lowest BCUT2D eigenvalue weighted by Gasteiger charge is -2.18. The molecule has 3 heteroatoms. The molecule has 72 valence electrons. The van der Waals surface area contributed by atoms with Gasteiger partial charge in [0, 0.05) is 6.04 Å². The monoisotopic (exact) mass is 181 g/mol. The summed E-state index contributed by atoms with van der Waals surface area (Å²) >= 11 is 0.